The molecule has 14 nitrogen and oxygen atoms in total. The lowest BCUT2D eigenvalue weighted by Gasteiger charge is -2.32. The van der Waals surface area contributed by atoms with E-state index in [2.05, 4.69) is 82.1 Å². The lowest BCUT2D eigenvalue weighted by Crippen LogP contribution is -2.52. The van der Waals surface area contributed by atoms with Crippen molar-refractivity contribution in [2.24, 2.45) is 17.8 Å². The normalized spacial score (nSPS) is 23.3. The third-order valence-electron chi connectivity index (χ3n) is 14.6. The molecule has 4 aliphatic rings. The molecule has 3 fully saturated rings. The van der Waals surface area contributed by atoms with Crippen LogP contribution in [-0.4, -0.2) is 92.6 Å². The Kier molecular flexibility index (Phi) is 12.0. The number of imidazole rings is 2. The van der Waals surface area contributed by atoms with Crippen LogP contribution in [0.15, 0.2) is 60.8 Å². The van der Waals surface area contributed by atoms with E-state index in [0.717, 1.165) is 58.8 Å². The highest BCUT2D eigenvalue weighted by Crippen LogP contribution is 2.58. The molecule has 0 radical (unpaired) electrons. The van der Waals surface area contributed by atoms with Gasteiger partial charge < -0.3 is 39.9 Å². The van der Waals surface area contributed by atoms with Gasteiger partial charge in [0.1, 0.15) is 23.7 Å². The van der Waals surface area contributed by atoms with Crippen molar-refractivity contribution in [3.05, 3.63) is 83.6 Å². The number of amides is 4. The summed E-state index contributed by atoms with van der Waals surface area (Å²) in [6.45, 7) is 12.5. The van der Waals surface area contributed by atoms with Crippen LogP contribution >= 0.6 is 0 Å². The SMILES string of the molecule is COC(=O)NC(C(=O)N1CC(C)CC1c1nc2cc(-c3ccc(-c4ccc(-c5cnc(C6CCC(C)N6C(=O)C(NC(=O)OC)C(C)C)[nH]5)cc4)c4c3C3CCC4C3)ccc2[nH]1)C(C)C. The van der Waals surface area contributed by atoms with Gasteiger partial charge in [0.25, 0.3) is 0 Å². The van der Waals surface area contributed by atoms with E-state index < -0.39 is 24.3 Å². The summed E-state index contributed by atoms with van der Waals surface area (Å²) in [6, 6.07) is 17.9. The third kappa shape index (κ3) is 8.13. The zero-order chi connectivity index (χ0) is 45.8. The largest absolute Gasteiger partial charge is 0.453 e. The van der Waals surface area contributed by atoms with Crippen molar-refractivity contribution in [3.63, 3.8) is 0 Å². The Morgan fingerprint density at radius 3 is 1.92 bits per heavy atom. The fourth-order valence-corrected chi connectivity index (χ4v) is 11.3. The highest BCUT2D eigenvalue weighted by atomic mass is 16.5. The number of carbonyl (C=O) groups is 4. The van der Waals surface area contributed by atoms with Gasteiger partial charge in [-0.3, -0.25) is 9.59 Å². The van der Waals surface area contributed by atoms with Gasteiger partial charge >= 0.3 is 12.2 Å². The van der Waals surface area contributed by atoms with Gasteiger partial charge in [-0.15, -0.1) is 0 Å². The quantitative estimate of drug-likeness (QED) is 0.102. The maximum absolute atomic E-state index is 13.9. The molecule has 2 aliphatic heterocycles. The summed E-state index contributed by atoms with van der Waals surface area (Å²) in [7, 11) is 2.61. The highest BCUT2D eigenvalue weighted by molar-refractivity contribution is 5.89. The molecule has 2 aromatic heterocycles. The van der Waals surface area contributed by atoms with Crippen molar-refractivity contribution < 1.29 is 28.7 Å². The van der Waals surface area contributed by atoms with Gasteiger partial charge in [0.05, 0.1) is 49.2 Å². The van der Waals surface area contributed by atoms with Crippen molar-refractivity contribution in [3.8, 4) is 33.5 Å². The number of methoxy groups -OCH3 is 2. The summed E-state index contributed by atoms with van der Waals surface area (Å²) >= 11 is 0. The molecule has 1 saturated carbocycles. The number of fused-ring (bicyclic) bond motifs is 6. The summed E-state index contributed by atoms with van der Waals surface area (Å²) in [6.07, 6.45) is 6.58. The van der Waals surface area contributed by atoms with E-state index in [9.17, 15) is 19.2 Å². The van der Waals surface area contributed by atoms with E-state index in [-0.39, 0.29) is 47.7 Å². The number of alkyl carbamates (subject to hydrolysis) is 2. The van der Waals surface area contributed by atoms with Crippen LogP contribution in [0.3, 0.4) is 0 Å². The molecule has 4 heterocycles. The Hall–Kier alpha value is -6.18. The Balaban J connectivity index is 0.960. The summed E-state index contributed by atoms with van der Waals surface area (Å²) < 4.78 is 9.66. The molecule has 8 unspecified atom stereocenters. The number of nitrogens with zero attached hydrogens (tertiary/aromatic N) is 4. The first-order valence-electron chi connectivity index (χ1n) is 23.4. The molecule has 8 atom stereocenters. The first-order valence-corrected chi connectivity index (χ1v) is 23.4. The van der Waals surface area contributed by atoms with Crippen molar-refractivity contribution >= 4 is 35.0 Å². The number of rotatable bonds is 11. The molecule has 2 aliphatic carbocycles. The molecule has 3 aromatic carbocycles. The van der Waals surface area contributed by atoms with E-state index in [0.29, 0.717) is 18.4 Å². The fraction of sp³-hybridized carbons (Fsp3) is 0.490. The minimum atomic E-state index is -0.702. The van der Waals surface area contributed by atoms with Gasteiger partial charge in [0, 0.05) is 12.6 Å². The highest BCUT2D eigenvalue weighted by Gasteiger charge is 2.43. The Labute approximate surface area is 380 Å². The molecule has 2 saturated heterocycles. The molecule has 5 aromatic rings. The number of carbonyl (C=O) groups excluding carboxylic acids is 4. The predicted octanol–water partition coefficient (Wildman–Crippen LogP) is 9.37. The van der Waals surface area contributed by atoms with E-state index in [1.165, 1.54) is 61.3 Å². The van der Waals surface area contributed by atoms with Crippen molar-refractivity contribution in [2.75, 3.05) is 20.8 Å². The predicted molar refractivity (Wildman–Crippen MR) is 249 cm³/mol. The van der Waals surface area contributed by atoms with Crippen LogP contribution in [-0.2, 0) is 19.1 Å². The first kappa shape index (κ1) is 44.0. The maximum atomic E-state index is 13.9. The molecule has 4 N–H and O–H groups in total. The van der Waals surface area contributed by atoms with Gasteiger partial charge in [-0.2, -0.15) is 0 Å². The van der Waals surface area contributed by atoms with Crippen molar-refractivity contribution in [2.45, 2.75) is 122 Å². The Bertz CT molecular complexity index is 2620. The number of hydrogen-bond acceptors (Lipinski definition) is 8. The first-order chi connectivity index (χ1) is 31.2. The molecule has 65 heavy (non-hydrogen) atoms. The van der Waals surface area contributed by atoms with Gasteiger partial charge in [-0.05, 0) is 126 Å². The zero-order valence-electron chi connectivity index (χ0n) is 38.7. The molecule has 9 rings (SSSR count). The molecular formula is C51H62N8O6. The minimum Gasteiger partial charge on any atom is -0.453 e. The van der Waals surface area contributed by atoms with E-state index in [4.69, 9.17) is 19.4 Å². The molecule has 342 valence electrons. The van der Waals surface area contributed by atoms with Crippen LogP contribution in [0.2, 0.25) is 0 Å². The second kappa shape index (κ2) is 17.7. The topological polar surface area (TPSA) is 175 Å². The summed E-state index contributed by atoms with van der Waals surface area (Å²) in [5.41, 5.74) is 11.5. The van der Waals surface area contributed by atoms with Gasteiger partial charge in [0.15, 0.2) is 0 Å². The fourth-order valence-electron chi connectivity index (χ4n) is 11.3. The Morgan fingerprint density at radius 2 is 1.29 bits per heavy atom. The number of ether oxygens (including phenoxy) is 2. The number of aromatic amines is 2. The molecule has 4 amide bonds. The van der Waals surface area contributed by atoms with Gasteiger partial charge in [-0.25, -0.2) is 19.6 Å². The monoisotopic (exact) mass is 882 g/mol. The summed E-state index contributed by atoms with van der Waals surface area (Å²) in [5, 5.41) is 5.50. The Morgan fingerprint density at radius 1 is 0.692 bits per heavy atom. The van der Waals surface area contributed by atoms with Crippen LogP contribution in [0.1, 0.15) is 127 Å². The molecule has 14 heteroatoms. The lowest BCUT2D eigenvalue weighted by molar-refractivity contribution is -0.137. The number of likely N-dealkylation sites (tertiary alicyclic amines) is 2. The second-order valence-corrected chi connectivity index (χ2v) is 19.6. The minimum absolute atomic E-state index is 0.00367. The van der Waals surface area contributed by atoms with Crippen LogP contribution in [0.25, 0.3) is 44.5 Å². The number of nitrogens with one attached hydrogen (secondary N) is 4. The summed E-state index contributed by atoms with van der Waals surface area (Å²) in [4.78, 5) is 72.9. The average Bonchev–Trinajstić information content (AvgIpc) is 4.17. The lowest BCUT2D eigenvalue weighted by atomic mass is 9.81. The van der Waals surface area contributed by atoms with E-state index in [1.807, 2.05) is 50.6 Å². The van der Waals surface area contributed by atoms with Gasteiger partial charge in [0.2, 0.25) is 11.8 Å². The summed E-state index contributed by atoms with van der Waals surface area (Å²) in [5.74, 6) is 2.34. The zero-order valence-corrected chi connectivity index (χ0v) is 38.7. The smallest absolute Gasteiger partial charge is 0.407 e. The van der Waals surface area contributed by atoms with Crippen molar-refractivity contribution in [1.82, 2.24) is 40.4 Å². The molecular weight excluding hydrogens is 821 g/mol. The standard InChI is InChI=1S/C51H62N8O6/c1-26(2)44(56-50(62)64-7)48(60)58-25-28(5)21-41(58)47-53-37-19-16-32(23-38(37)54-47)36-18-17-35(42-33-14-15-34(22-33)43(36)42)30-10-12-31(13-11-30)39-24-52-46(55-39)40-20-9-29(6)59(40)49(61)45(27(3)4)57-51(63)65-8/h10-13,16-19,23-24,26-29,33-34,40-41,44-45H,9,14-15,20-22,25H2,1-8H3,(H,52,55)(H,53,54)(H,56,62)(H,57,63). The number of H-pyrrole nitrogens is 2. The van der Waals surface area contributed by atoms with E-state index >= 15 is 0 Å². The molecule has 2 bridgehead atoms. The van der Waals surface area contributed by atoms with Crippen molar-refractivity contribution in [1.29, 1.82) is 0 Å². The third-order valence-corrected chi connectivity index (χ3v) is 14.6. The van der Waals surface area contributed by atoms with Crippen LogP contribution in [0.5, 0.6) is 0 Å². The number of aromatic nitrogens is 4. The second-order valence-electron chi connectivity index (χ2n) is 19.6. The average molecular weight is 883 g/mol. The number of hydrogen-bond donors (Lipinski definition) is 4. The van der Waals surface area contributed by atoms with Crippen LogP contribution < -0.4 is 10.6 Å². The van der Waals surface area contributed by atoms with Crippen LogP contribution in [0.4, 0.5) is 9.59 Å². The molecule has 0 spiro atoms. The maximum Gasteiger partial charge on any atom is 0.407 e. The van der Waals surface area contributed by atoms with Gasteiger partial charge in [-0.1, -0.05) is 77.1 Å². The number of benzene rings is 3. The van der Waals surface area contributed by atoms with Crippen LogP contribution in [0, 0.1) is 17.8 Å². The van der Waals surface area contributed by atoms with E-state index in [1.54, 1.807) is 0 Å².